The topological polar surface area (TPSA) is 76.7 Å². The normalized spacial score (nSPS) is 33.4. The van der Waals surface area contributed by atoms with E-state index in [9.17, 15) is 9.59 Å². The molecule has 0 aromatic rings. The Bertz CT molecular complexity index is 557. The van der Waals surface area contributed by atoms with Crippen molar-refractivity contribution in [3.05, 3.63) is 0 Å². The molecule has 2 amide bonds. The number of alkyl carbamates (subject to hydrolysis) is 2. The van der Waals surface area contributed by atoms with E-state index >= 15 is 0 Å². The van der Waals surface area contributed by atoms with Gasteiger partial charge in [0, 0.05) is 0 Å². The van der Waals surface area contributed by atoms with E-state index in [1.807, 2.05) is 27.7 Å². The zero-order chi connectivity index (χ0) is 21.1. The number of carbonyl (C=O) groups excluding carboxylic acids is 2. The molecule has 0 spiro atoms. The van der Waals surface area contributed by atoms with Crippen LogP contribution in [-0.4, -0.2) is 35.5 Å². The average Bonchev–Trinajstić information content (AvgIpc) is 2.85. The van der Waals surface area contributed by atoms with Gasteiger partial charge in [0.25, 0.3) is 0 Å². The fraction of sp³-hybridized carbons (Fsp3) is 0.909. The first-order chi connectivity index (χ1) is 12.9. The van der Waals surface area contributed by atoms with Gasteiger partial charge in [-0.15, -0.1) is 0 Å². The number of hydrogen-bond donors (Lipinski definition) is 2. The van der Waals surface area contributed by atoms with Crippen molar-refractivity contribution < 1.29 is 19.1 Å². The monoisotopic (exact) mass is 396 g/mol. The van der Waals surface area contributed by atoms with Gasteiger partial charge in [0.2, 0.25) is 0 Å². The summed E-state index contributed by atoms with van der Waals surface area (Å²) in [6.07, 6.45) is 4.94. The number of amides is 2. The van der Waals surface area contributed by atoms with Crippen molar-refractivity contribution in [2.75, 3.05) is 0 Å². The molecule has 0 aromatic heterocycles. The van der Waals surface area contributed by atoms with Gasteiger partial charge in [-0.3, -0.25) is 0 Å². The molecule has 2 aliphatic carbocycles. The summed E-state index contributed by atoms with van der Waals surface area (Å²) in [5, 5.41) is 6.00. The lowest BCUT2D eigenvalue weighted by Gasteiger charge is -2.38. The Hall–Kier alpha value is -1.46. The highest BCUT2D eigenvalue weighted by molar-refractivity contribution is 5.70. The maximum Gasteiger partial charge on any atom is 0.408 e. The van der Waals surface area contributed by atoms with E-state index in [4.69, 9.17) is 9.47 Å². The molecule has 162 valence electrons. The molecular weight excluding hydrogens is 356 g/mol. The van der Waals surface area contributed by atoms with Crippen molar-refractivity contribution in [1.82, 2.24) is 10.6 Å². The van der Waals surface area contributed by atoms with E-state index in [2.05, 4.69) is 31.4 Å². The second kappa shape index (κ2) is 8.91. The fourth-order valence-electron chi connectivity index (χ4n) is 4.65. The highest BCUT2D eigenvalue weighted by Gasteiger charge is 2.43. The van der Waals surface area contributed by atoms with Crippen LogP contribution < -0.4 is 10.6 Å². The molecule has 6 heteroatoms. The molecule has 5 atom stereocenters. The van der Waals surface area contributed by atoms with Gasteiger partial charge in [0.1, 0.15) is 11.7 Å². The lowest BCUT2D eigenvalue weighted by molar-refractivity contribution is 0.00334. The van der Waals surface area contributed by atoms with Crippen LogP contribution in [0, 0.1) is 17.8 Å². The van der Waals surface area contributed by atoms with Crippen LogP contribution in [0.3, 0.4) is 0 Å². The Morgan fingerprint density at radius 1 is 1.11 bits per heavy atom. The number of ether oxygens (including phenoxy) is 2. The molecule has 2 N–H and O–H groups in total. The van der Waals surface area contributed by atoms with Gasteiger partial charge in [-0.05, 0) is 77.6 Å². The quantitative estimate of drug-likeness (QED) is 0.700. The highest BCUT2D eigenvalue weighted by Crippen LogP contribution is 2.36. The van der Waals surface area contributed by atoms with Crippen molar-refractivity contribution in [1.29, 1.82) is 0 Å². The van der Waals surface area contributed by atoms with Crippen LogP contribution >= 0.6 is 0 Å². The van der Waals surface area contributed by atoms with Gasteiger partial charge >= 0.3 is 12.2 Å². The molecule has 2 aliphatic rings. The zero-order valence-corrected chi connectivity index (χ0v) is 18.8. The second-order valence-corrected chi connectivity index (χ2v) is 10.4. The number of carbonyl (C=O) groups is 2. The molecule has 3 unspecified atom stereocenters. The second-order valence-electron chi connectivity index (χ2n) is 10.4. The lowest BCUT2D eigenvalue weighted by Crippen LogP contribution is -2.58. The third-order valence-corrected chi connectivity index (χ3v) is 6.26. The van der Waals surface area contributed by atoms with Crippen molar-refractivity contribution >= 4 is 12.2 Å². The van der Waals surface area contributed by atoms with Crippen LogP contribution in [0.25, 0.3) is 0 Å². The molecule has 0 heterocycles. The summed E-state index contributed by atoms with van der Waals surface area (Å²) in [6, 6.07) is -0.161. The molecule has 0 aliphatic heterocycles. The van der Waals surface area contributed by atoms with Crippen LogP contribution in [0.2, 0.25) is 0 Å². The Balaban J connectivity index is 1.95. The predicted molar refractivity (Wildman–Crippen MR) is 110 cm³/mol. The summed E-state index contributed by atoms with van der Waals surface area (Å²) in [6.45, 7) is 14.1. The van der Waals surface area contributed by atoms with Gasteiger partial charge in [-0.25, -0.2) is 9.59 Å². The first-order valence-corrected chi connectivity index (χ1v) is 10.9. The maximum atomic E-state index is 12.7. The minimum absolute atomic E-state index is 0.0322. The van der Waals surface area contributed by atoms with Gasteiger partial charge in [-0.1, -0.05) is 27.2 Å². The predicted octanol–water partition coefficient (Wildman–Crippen LogP) is 5.01. The van der Waals surface area contributed by atoms with Crippen LogP contribution in [0.15, 0.2) is 0 Å². The third kappa shape index (κ3) is 6.28. The van der Waals surface area contributed by atoms with Crippen LogP contribution in [0.1, 0.15) is 87.0 Å². The highest BCUT2D eigenvalue weighted by atomic mass is 16.6. The summed E-state index contributed by atoms with van der Waals surface area (Å²) in [5.41, 5.74) is -1.08. The molecule has 0 radical (unpaired) electrons. The van der Waals surface area contributed by atoms with E-state index < -0.39 is 17.2 Å². The van der Waals surface area contributed by atoms with Crippen LogP contribution in [0.4, 0.5) is 9.59 Å². The van der Waals surface area contributed by atoms with Gasteiger partial charge < -0.3 is 20.1 Å². The Morgan fingerprint density at radius 3 is 2.39 bits per heavy atom. The fourth-order valence-corrected chi connectivity index (χ4v) is 4.65. The number of hydrogen-bond acceptors (Lipinski definition) is 4. The van der Waals surface area contributed by atoms with Gasteiger partial charge in [-0.2, -0.15) is 0 Å². The molecular formula is C22H40N2O4. The Kier molecular flexibility index (Phi) is 7.27. The minimum Gasteiger partial charge on any atom is -0.446 e. The Labute approximate surface area is 170 Å². The molecule has 2 fully saturated rings. The largest absolute Gasteiger partial charge is 0.446 e. The molecule has 28 heavy (non-hydrogen) atoms. The first-order valence-electron chi connectivity index (χ1n) is 10.9. The molecule has 2 rings (SSSR count). The van der Waals surface area contributed by atoms with Crippen molar-refractivity contribution in [2.24, 2.45) is 17.8 Å². The molecule has 0 bridgehead atoms. The minimum atomic E-state index is -0.551. The summed E-state index contributed by atoms with van der Waals surface area (Å²) in [4.78, 5) is 24.9. The number of rotatable bonds is 4. The SMILES string of the molecule is CC(C)[C@@H]1CC[C@@H](C)CC1OC(=O)NC1CCCC1(C)NC(=O)OC(C)(C)C. The summed E-state index contributed by atoms with van der Waals surface area (Å²) < 4.78 is 11.3. The molecule has 6 nitrogen and oxygen atoms in total. The van der Waals surface area contributed by atoms with Crippen molar-refractivity contribution in [3.8, 4) is 0 Å². The summed E-state index contributed by atoms with van der Waals surface area (Å²) >= 11 is 0. The van der Waals surface area contributed by atoms with Gasteiger partial charge in [0.15, 0.2) is 0 Å². The zero-order valence-electron chi connectivity index (χ0n) is 18.8. The smallest absolute Gasteiger partial charge is 0.408 e. The number of nitrogens with one attached hydrogen (secondary N) is 2. The van der Waals surface area contributed by atoms with E-state index in [-0.39, 0.29) is 18.2 Å². The van der Waals surface area contributed by atoms with Crippen molar-refractivity contribution in [2.45, 2.75) is 110 Å². The molecule has 0 saturated heterocycles. The first kappa shape index (κ1) is 22.8. The third-order valence-electron chi connectivity index (χ3n) is 6.26. The van der Waals surface area contributed by atoms with E-state index in [0.717, 1.165) is 32.1 Å². The van der Waals surface area contributed by atoms with Crippen LogP contribution in [-0.2, 0) is 9.47 Å². The lowest BCUT2D eigenvalue weighted by atomic mass is 9.75. The summed E-state index contributed by atoms with van der Waals surface area (Å²) in [7, 11) is 0. The van der Waals surface area contributed by atoms with E-state index in [1.54, 1.807) is 0 Å². The Morgan fingerprint density at radius 2 is 1.79 bits per heavy atom. The van der Waals surface area contributed by atoms with E-state index in [1.165, 1.54) is 6.42 Å². The van der Waals surface area contributed by atoms with Crippen LogP contribution in [0.5, 0.6) is 0 Å². The average molecular weight is 397 g/mol. The maximum absolute atomic E-state index is 12.7. The summed E-state index contributed by atoms with van der Waals surface area (Å²) in [5.74, 6) is 1.49. The standard InChI is InChI=1S/C22H40N2O4/c1-14(2)16-11-10-15(3)13-17(16)27-19(25)23-18-9-8-12-22(18,7)24-20(26)28-21(4,5)6/h14-18H,8-13H2,1-7H3,(H,23,25)(H,24,26)/t15-,16+,17?,18?,22?/m1/s1. The molecule has 0 aromatic carbocycles. The van der Waals surface area contributed by atoms with Crippen molar-refractivity contribution in [3.63, 3.8) is 0 Å². The van der Waals surface area contributed by atoms with Gasteiger partial charge in [0.05, 0.1) is 11.6 Å². The van der Waals surface area contributed by atoms with E-state index in [0.29, 0.717) is 17.8 Å². The molecule has 2 saturated carbocycles.